The highest BCUT2D eigenvalue weighted by molar-refractivity contribution is 7.86. The number of nitrogens with zero attached hydrogens (tertiary/aromatic N) is 1. The minimum absolute atomic E-state index is 0.0339. The summed E-state index contributed by atoms with van der Waals surface area (Å²) in [5.74, 6) is -2.35. The number of hydrogen-bond acceptors (Lipinski definition) is 13. The van der Waals surface area contributed by atoms with E-state index in [1.165, 1.54) is 37.4 Å². The lowest BCUT2D eigenvalue weighted by molar-refractivity contribution is -0.121. The van der Waals surface area contributed by atoms with Gasteiger partial charge in [0.1, 0.15) is 0 Å². The summed E-state index contributed by atoms with van der Waals surface area (Å²) in [6.07, 6.45) is 10.2. The van der Waals surface area contributed by atoms with Gasteiger partial charge in [0.15, 0.2) is 0 Å². The number of unbranched alkanes of at least 4 members (excludes halogenated alkanes) is 2. The number of anilines is 1. The van der Waals surface area contributed by atoms with Crippen molar-refractivity contribution >= 4 is 87.8 Å². The monoisotopic (exact) mass is 1250 g/mol. The standard InChI is InChI=1S/C60H70N3O16PS4/c1-43-27-29-48(83(73,74)75)41-51(43)59(3,33-18-38-81(67,68)69)44(2)20-10-6-15-25-55-60(4,34-19-39-82(70,71)72)52-42-49(84(76,77)78)30-32-53(52)63(55)37-17-9-16-26-56(64)61-35-36-62-57(65)45-28-31-50(58(66)79-5)54(40-45)80(46-21-11-7-12-22-46)47-23-13-8-14-24-47/h6-8,10-15,20-25,27-32,40-42H,2,9,16-19,26,33-39H2,1,3-5H3,(H,61,64)(H,62,65)(H,67,68,69)(H,70,71,72)(H,73,74,75)(H,76,77,78)/b15-6+,20-10+,55-25+. The van der Waals surface area contributed by atoms with Gasteiger partial charge in [0.2, 0.25) is 5.91 Å². The highest BCUT2D eigenvalue weighted by Crippen LogP contribution is 2.51. The van der Waals surface area contributed by atoms with Crippen LogP contribution >= 0.6 is 7.92 Å². The molecule has 84 heavy (non-hydrogen) atoms. The minimum Gasteiger partial charge on any atom is -0.465 e. The van der Waals surface area contributed by atoms with Crippen molar-refractivity contribution in [2.24, 2.45) is 0 Å². The van der Waals surface area contributed by atoms with Crippen molar-refractivity contribution in [1.29, 1.82) is 0 Å². The number of rotatable bonds is 29. The Bertz CT molecular complexity index is 3760. The fourth-order valence-electron chi connectivity index (χ4n) is 10.3. The van der Waals surface area contributed by atoms with Crippen molar-refractivity contribution in [2.75, 3.05) is 43.1 Å². The zero-order valence-electron chi connectivity index (χ0n) is 47.0. The number of aryl methyl sites for hydroxylation is 1. The van der Waals surface area contributed by atoms with Crippen LogP contribution in [0.1, 0.15) is 103 Å². The summed E-state index contributed by atoms with van der Waals surface area (Å²) in [6, 6.07) is 32.4. The summed E-state index contributed by atoms with van der Waals surface area (Å²) in [5.41, 5.74) is 1.60. The second-order valence-corrected chi connectivity index (χ2v) is 28.8. The number of carbonyl (C=O) groups excluding carboxylic acids is 3. The number of fused-ring (bicyclic) bond motifs is 1. The van der Waals surface area contributed by atoms with Crippen LogP contribution in [0.5, 0.6) is 0 Å². The number of nitrogens with one attached hydrogen (secondary N) is 2. The molecule has 450 valence electrons. The average molecular weight is 1250 g/mol. The molecule has 0 bridgehead atoms. The molecule has 0 spiro atoms. The van der Waals surface area contributed by atoms with E-state index in [1.54, 1.807) is 75.4 Å². The summed E-state index contributed by atoms with van der Waals surface area (Å²) in [4.78, 5) is 40.9. The molecule has 2 unspecified atom stereocenters. The normalized spacial score (nSPS) is 16.0. The maximum atomic E-state index is 13.6. The first-order chi connectivity index (χ1) is 39.5. The van der Waals surface area contributed by atoms with Gasteiger partial charge in [-0.1, -0.05) is 111 Å². The van der Waals surface area contributed by atoms with Gasteiger partial charge in [-0.15, -0.1) is 0 Å². The molecule has 1 aliphatic rings. The third-order valence-electron chi connectivity index (χ3n) is 14.7. The van der Waals surface area contributed by atoms with Gasteiger partial charge in [-0.2, -0.15) is 33.7 Å². The summed E-state index contributed by atoms with van der Waals surface area (Å²) < 4.78 is 141. The third-order valence-corrected chi connectivity index (χ3v) is 20.5. The number of methoxy groups -OCH3 is 1. The topological polar surface area (TPSA) is 305 Å². The van der Waals surface area contributed by atoms with E-state index >= 15 is 0 Å². The molecule has 0 aromatic heterocycles. The highest BCUT2D eigenvalue weighted by Gasteiger charge is 2.44. The molecule has 5 aromatic carbocycles. The Morgan fingerprint density at radius 1 is 0.702 bits per heavy atom. The van der Waals surface area contributed by atoms with Crippen LogP contribution in [0.3, 0.4) is 0 Å². The number of hydrogen-bond donors (Lipinski definition) is 6. The maximum absolute atomic E-state index is 13.6. The Morgan fingerprint density at radius 3 is 1.90 bits per heavy atom. The quantitative estimate of drug-likeness (QED) is 0.00867. The lowest BCUT2D eigenvalue weighted by Gasteiger charge is -2.33. The first kappa shape index (κ1) is 66.5. The van der Waals surface area contributed by atoms with E-state index in [9.17, 15) is 66.3 Å². The number of esters is 1. The second kappa shape index (κ2) is 28.5. The zero-order valence-corrected chi connectivity index (χ0v) is 51.1. The van der Waals surface area contributed by atoms with Gasteiger partial charge >= 0.3 is 5.97 Å². The van der Waals surface area contributed by atoms with Gasteiger partial charge in [0.25, 0.3) is 46.4 Å². The van der Waals surface area contributed by atoms with Crippen LogP contribution in [-0.2, 0) is 60.8 Å². The molecular weight excluding hydrogens is 1180 g/mol. The predicted octanol–water partition coefficient (Wildman–Crippen LogP) is 8.06. The number of ether oxygens (including phenoxy) is 1. The van der Waals surface area contributed by atoms with Crippen LogP contribution in [0.2, 0.25) is 0 Å². The zero-order chi connectivity index (χ0) is 61.7. The van der Waals surface area contributed by atoms with Gasteiger partial charge in [-0.25, -0.2) is 4.79 Å². The van der Waals surface area contributed by atoms with E-state index in [-0.39, 0.29) is 60.9 Å². The number of carbonyl (C=O) groups is 3. The fourth-order valence-corrected chi connectivity index (χ4v) is 14.8. The highest BCUT2D eigenvalue weighted by atomic mass is 32.2. The minimum atomic E-state index is -4.69. The van der Waals surface area contributed by atoms with Gasteiger partial charge in [-0.05, 0) is 148 Å². The Balaban J connectivity index is 1.15. The first-order valence-corrected chi connectivity index (χ1v) is 34.2. The van der Waals surface area contributed by atoms with E-state index < -0.39 is 82.6 Å². The van der Waals surface area contributed by atoms with Crippen molar-refractivity contribution in [2.45, 2.75) is 92.8 Å². The molecule has 5 aromatic rings. The maximum Gasteiger partial charge on any atom is 0.338 e. The summed E-state index contributed by atoms with van der Waals surface area (Å²) >= 11 is 0. The smallest absolute Gasteiger partial charge is 0.338 e. The molecule has 0 saturated carbocycles. The van der Waals surface area contributed by atoms with Crippen LogP contribution in [0.15, 0.2) is 173 Å². The van der Waals surface area contributed by atoms with Gasteiger partial charge in [0.05, 0.1) is 34.0 Å². The van der Waals surface area contributed by atoms with E-state index in [4.69, 9.17) is 4.74 Å². The van der Waals surface area contributed by atoms with Gasteiger partial charge < -0.3 is 20.3 Å². The predicted molar refractivity (Wildman–Crippen MR) is 326 cm³/mol. The molecule has 0 aliphatic carbocycles. The number of allylic oxidation sites excluding steroid dienone is 7. The molecule has 6 N–H and O–H groups in total. The number of amides is 2. The third kappa shape index (κ3) is 17.7. The van der Waals surface area contributed by atoms with Crippen LogP contribution in [0.25, 0.3) is 0 Å². The van der Waals surface area contributed by atoms with Gasteiger partial charge in [-0.3, -0.25) is 27.8 Å². The van der Waals surface area contributed by atoms with Gasteiger partial charge in [0, 0.05) is 59.1 Å². The average Bonchev–Trinajstić information content (AvgIpc) is 3.18. The largest absolute Gasteiger partial charge is 0.465 e. The van der Waals surface area contributed by atoms with Crippen molar-refractivity contribution < 1.29 is 71.0 Å². The molecule has 0 saturated heterocycles. The first-order valence-electron chi connectivity index (χ1n) is 26.8. The number of benzene rings is 5. The summed E-state index contributed by atoms with van der Waals surface area (Å²) in [7, 11) is -18.0. The Hall–Kier alpha value is -6.66. The lowest BCUT2D eigenvalue weighted by Crippen LogP contribution is -2.35. The molecule has 19 nitrogen and oxygen atoms in total. The molecule has 2 atom stereocenters. The van der Waals surface area contributed by atoms with Crippen LogP contribution in [-0.4, -0.2) is 108 Å². The van der Waals surface area contributed by atoms with E-state index in [1.807, 2.05) is 65.6 Å². The van der Waals surface area contributed by atoms with E-state index in [0.29, 0.717) is 75.9 Å². The fraction of sp³-hybridized carbons (Fsp3) is 0.317. The van der Waals surface area contributed by atoms with Crippen LogP contribution in [0.4, 0.5) is 5.69 Å². The Labute approximate surface area is 493 Å². The molecule has 0 fully saturated rings. The molecule has 1 heterocycles. The van der Waals surface area contributed by atoms with E-state index in [0.717, 1.165) is 10.6 Å². The van der Waals surface area contributed by atoms with Crippen molar-refractivity contribution in [1.82, 2.24) is 10.6 Å². The van der Waals surface area contributed by atoms with Crippen molar-refractivity contribution in [3.8, 4) is 0 Å². The molecule has 6 rings (SSSR count). The Kier molecular flexibility index (Phi) is 22.5. The molecule has 1 aliphatic heterocycles. The van der Waals surface area contributed by atoms with Crippen molar-refractivity contribution in [3.63, 3.8) is 0 Å². The van der Waals surface area contributed by atoms with Crippen LogP contribution in [0, 0.1) is 6.92 Å². The molecule has 2 amide bonds. The second-order valence-electron chi connectivity index (χ2n) is 20.7. The summed E-state index contributed by atoms with van der Waals surface area (Å²) in [6.45, 7) is 10.1. The van der Waals surface area contributed by atoms with E-state index in [2.05, 4.69) is 17.2 Å². The van der Waals surface area contributed by atoms with Crippen LogP contribution < -0.4 is 31.4 Å². The summed E-state index contributed by atoms with van der Waals surface area (Å²) in [5, 5.41) is 8.29. The molecule has 0 radical (unpaired) electrons. The lowest BCUT2D eigenvalue weighted by atomic mass is 9.71. The Morgan fingerprint density at radius 2 is 1.30 bits per heavy atom. The molecule has 24 heteroatoms. The SMILES string of the molecule is C=C(/C=C/C=C/C=C1/N(CCCCCC(=O)NCCNC(=O)c2ccc(C(=O)OC)c(P(c3ccccc3)c3ccccc3)c2)c2ccc(S(=O)(=O)O)cc2C1(C)CCCS(=O)(=O)O)C(C)(CCCS(=O)(=O)O)c1cc(S(=O)(=O)O)ccc1C. The van der Waals surface area contributed by atoms with Crippen molar-refractivity contribution in [3.05, 3.63) is 191 Å². The molecular formula is C60H70N3O16PS4.